The molecule has 0 amide bonds. The summed E-state index contributed by atoms with van der Waals surface area (Å²) < 4.78 is 19.8. The van der Waals surface area contributed by atoms with Crippen LogP contribution in [0.15, 0.2) is 46.9 Å². The molecule has 24 heavy (non-hydrogen) atoms. The average molecular weight is 392 g/mol. The van der Waals surface area contributed by atoms with E-state index in [9.17, 15) is 9.18 Å². The summed E-state index contributed by atoms with van der Waals surface area (Å²) in [5.41, 5.74) is 0.722. The molecule has 1 heterocycles. The lowest BCUT2D eigenvalue weighted by molar-refractivity contribution is -0.137. The van der Waals surface area contributed by atoms with Gasteiger partial charge in [-0.05, 0) is 69.4 Å². The number of ether oxygens (including phenoxy) is 1. The van der Waals surface area contributed by atoms with E-state index in [2.05, 4.69) is 20.8 Å². The summed E-state index contributed by atoms with van der Waals surface area (Å²) in [4.78, 5) is 15.0. The van der Waals surface area contributed by atoms with E-state index in [1.165, 1.54) is 12.1 Å². The van der Waals surface area contributed by atoms with Crippen LogP contribution in [0.25, 0.3) is 0 Å². The molecule has 1 atom stereocenters. The third-order valence-corrected chi connectivity index (χ3v) is 4.94. The lowest BCUT2D eigenvalue weighted by Gasteiger charge is -2.27. The van der Waals surface area contributed by atoms with Gasteiger partial charge in [-0.2, -0.15) is 0 Å². The van der Waals surface area contributed by atoms with Crippen LogP contribution in [0.5, 0.6) is 5.75 Å². The van der Waals surface area contributed by atoms with E-state index >= 15 is 0 Å². The smallest absolute Gasteiger partial charge is 0.326 e. The Labute approximate surface area is 149 Å². The van der Waals surface area contributed by atoms with Gasteiger partial charge in [-0.1, -0.05) is 28.1 Å². The van der Waals surface area contributed by atoms with Gasteiger partial charge in [0.05, 0.1) is 0 Å². The number of hydrogen-bond donors (Lipinski definition) is 0. The van der Waals surface area contributed by atoms with Crippen LogP contribution in [0.2, 0.25) is 0 Å². The molecule has 0 N–H and O–H groups in total. The molecule has 0 saturated carbocycles. The first-order valence-corrected chi connectivity index (χ1v) is 8.66. The molecule has 2 aromatic carbocycles. The van der Waals surface area contributed by atoms with Gasteiger partial charge in [-0.25, -0.2) is 4.39 Å². The molecule has 0 saturated heterocycles. The zero-order chi connectivity index (χ0) is 17.3. The Hall–Kier alpha value is -1.72. The summed E-state index contributed by atoms with van der Waals surface area (Å²) in [5.74, 6) is -0.0265. The van der Waals surface area contributed by atoms with Gasteiger partial charge < -0.3 is 9.64 Å². The fraction of sp³-hybridized carbons (Fsp3) is 0.316. The third-order valence-electron chi connectivity index (χ3n) is 4.45. The minimum atomic E-state index is -0.886. The van der Waals surface area contributed by atoms with Gasteiger partial charge in [0, 0.05) is 10.0 Å². The topological polar surface area (TPSA) is 29.5 Å². The number of nitrogens with zero attached hydrogens (tertiary/aromatic N) is 1. The first-order chi connectivity index (χ1) is 11.4. The number of rotatable bonds is 5. The maximum Gasteiger partial charge on any atom is 0.326 e. The van der Waals surface area contributed by atoms with E-state index < -0.39 is 5.41 Å². The van der Waals surface area contributed by atoms with Crippen LogP contribution in [0.4, 0.5) is 4.39 Å². The van der Waals surface area contributed by atoms with E-state index in [0.717, 1.165) is 28.6 Å². The first kappa shape index (κ1) is 17.1. The van der Waals surface area contributed by atoms with Crippen molar-refractivity contribution in [1.29, 1.82) is 0 Å². The second-order valence-corrected chi connectivity index (χ2v) is 7.26. The number of benzene rings is 2. The van der Waals surface area contributed by atoms with E-state index in [-0.39, 0.29) is 11.8 Å². The molecular weight excluding hydrogens is 373 g/mol. The summed E-state index contributed by atoms with van der Waals surface area (Å²) >= 11 is 3.48. The standard InChI is InChI=1S/C19H19BrFNO2/c1-22(2)11-3-10-19(13-4-7-15(21)8-5-13)16-12-14(20)6-9-17(16)24-18(19)23/h4-9,12H,3,10-11H2,1-2H3. The molecule has 3 nitrogen and oxygen atoms in total. The molecule has 1 unspecified atom stereocenters. The zero-order valence-electron chi connectivity index (χ0n) is 13.7. The van der Waals surface area contributed by atoms with Crippen LogP contribution < -0.4 is 4.74 Å². The highest BCUT2D eigenvalue weighted by Gasteiger charge is 2.50. The van der Waals surface area contributed by atoms with Crippen LogP contribution in [-0.2, 0) is 10.2 Å². The van der Waals surface area contributed by atoms with Gasteiger partial charge in [0.1, 0.15) is 17.0 Å². The maximum atomic E-state index is 13.4. The van der Waals surface area contributed by atoms with Crippen molar-refractivity contribution in [2.45, 2.75) is 18.3 Å². The third kappa shape index (κ3) is 2.98. The summed E-state index contributed by atoms with van der Waals surface area (Å²) in [6.45, 7) is 0.861. The largest absolute Gasteiger partial charge is 0.425 e. The number of carbonyl (C=O) groups is 1. The first-order valence-electron chi connectivity index (χ1n) is 7.86. The van der Waals surface area contributed by atoms with E-state index in [4.69, 9.17) is 4.74 Å². The number of esters is 1. The van der Waals surface area contributed by atoms with E-state index in [1.807, 2.05) is 26.2 Å². The quantitative estimate of drug-likeness (QED) is 0.566. The monoisotopic (exact) mass is 391 g/mol. The SMILES string of the molecule is CN(C)CCCC1(c2ccc(F)cc2)C(=O)Oc2ccc(Br)cc21. The maximum absolute atomic E-state index is 13.4. The normalized spacial score (nSPS) is 19.5. The predicted molar refractivity (Wildman–Crippen MR) is 94.7 cm³/mol. The van der Waals surface area contributed by atoms with Crippen molar-refractivity contribution in [3.8, 4) is 5.75 Å². The molecule has 0 fully saturated rings. The van der Waals surface area contributed by atoms with Crippen LogP contribution >= 0.6 is 15.9 Å². The molecular formula is C19H19BrFNO2. The van der Waals surface area contributed by atoms with E-state index in [0.29, 0.717) is 12.2 Å². The molecule has 0 aromatic heterocycles. The van der Waals surface area contributed by atoms with Gasteiger partial charge in [-0.3, -0.25) is 4.79 Å². The van der Waals surface area contributed by atoms with E-state index in [1.54, 1.807) is 18.2 Å². The minimum Gasteiger partial charge on any atom is -0.425 e. The molecule has 1 aliphatic heterocycles. The Kier molecular flexibility index (Phi) is 4.74. The number of hydrogen-bond acceptors (Lipinski definition) is 3. The van der Waals surface area contributed by atoms with Gasteiger partial charge >= 0.3 is 5.97 Å². The Morgan fingerprint density at radius 2 is 1.88 bits per heavy atom. The second kappa shape index (κ2) is 6.65. The summed E-state index contributed by atoms with van der Waals surface area (Å²) in [6.07, 6.45) is 1.44. The Balaban J connectivity index is 2.11. The van der Waals surface area contributed by atoms with Crippen LogP contribution in [0.1, 0.15) is 24.0 Å². The summed E-state index contributed by atoms with van der Waals surface area (Å²) in [6, 6.07) is 11.7. The summed E-state index contributed by atoms with van der Waals surface area (Å²) in [7, 11) is 4.00. The van der Waals surface area contributed by atoms with Gasteiger partial charge in [-0.15, -0.1) is 0 Å². The predicted octanol–water partition coefficient (Wildman–Crippen LogP) is 4.14. The van der Waals surface area contributed by atoms with Crippen molar-refractivity contribution in [1.82, 2.24) is 4.90 Å². The van der Waals surface area contributed by atoms with Gasteiger partial charge in [0.2, 0.25) is 0 Å². The van der Waals surface area contributed by atoms with Gasteiger partial charge in [0.25, 0.3) is 0 Å². The zero-order valence-corrected chi connectivity index (χ0v) is 15.3. The second-order valence-electron chi connectivity index (χ2n) is 6.35. The van der Waals surface area contributed by atoms with Crippen molar-refractivity contribution in [3.05, 3.63) is 63.9 Å². The van der Waals surface area contributed by atoms with Crippen molar-refractivity contribution in [2.75, 3.05) is 20.6 Å². The number of halogens is 2. The molecule has 1 aliphatic rings. The highest BCUT2D eigenvalue weighted by molar-refractivity contribution is 9.10. The van der Waals surface area contributed by atoms with Crippen LogP contribution in [-0.4, -0.2) is 31.5 Å². The lowest BCUT2D eigenvalue weighted by atomic mass is 9.72. The Bertz CT molecular complexity index is 760. The average Bonchev–Trinajstić information content (AvgIpc) is 2.80. The Morgan fingerprint density at radius 1 is 1.17 bits per heavy atom. The van der Waals surface area contributed by atoms with Gasteiger partial charge in [0.15, 0.2) is 0 Å². The molecule has 126 valence electrons. The number of carbonyl (C=O) groups excluding carboxylic acids is 1. The Morgan fingerprint density at radius 3 is 2.54 bits per heavy atom. The molecule has 2 aromatic rings. The fourth-order valence-corrected chi connectivity index (χ4v) is 3.63. The summed E-state index contributed by atoms with van der Waals surface area (Å²) in [5, 5.41) is 0. The number of fused-ring (bicyclic) bond motifs is 1. The molecule has 0 spiro atoms. The molecule has 3 rings (SSSR count). The molecule has 0 bridgehead atoms. The molecule has 0 aliphatic carbocycles. The van der Waals surface area contributed by atoms with Crippen molar-refractivity contribution in [3.63, 3.8) is 0 Å². The van der Waals surface area contributed by atoms with Crippen molar-refractivity contribution < 1.29 is 13.9 Å². The molecule has 0 radical (unpaired) electrons. The van der Waals surface area contributed by atoms with Crippen molar-refractivity contribution in [2.24, 2.45) is 0 Å². The molecule has 5 heteroatoms. The lowest BCUT2D eigenvalue weighted by Crippen LogP contribution is -2.36. The minimum absolute atomic E-state index is 0.291. The van der Waals surface area contributed by atoms with Crippen molar-refractivity contribution >= 4 is 21.9 Å². The highest BCUT2D eigenvalue weighted by Crippen LogP contribution is 2.48. The fourth-order valence-electron chi connectivity index (χ4n) is 3.27. The highest BCUT2D eigenvalue weighted by atomic mass is 79.9. The van der Waals surface area contributed by atoms with Crippen LogP contribution in [0, 0.1) is 5.82 Å². The van der Waals surface area contributed by atoms with Crippen LogP contribution in [0.3, 0.4) is 0 Å².